The summed E-state index contributed by atoms with van der Waals surface area (Å²) in [7, 11) is 2.10. The third kappa shape index (κ3) is 3.37. The second-order valence-electron chi connectivity index (χ2n) is 4.79. The molecular weight excluding hydrogens is 300 g/mol. The lowest BCUT2D eigenvalue weighted by Gasteiger charge is -2.24. The van der Waals surface area contributed by atoms with E-state index in [1.54, 1.807) is 0 Å². The molecule has 3 heteroatoms. The summed E-state index contributed by atoms with van der Waals surface area (Å²) in [5, 5.41) is 0. The molecule has 0 fully saturated rings. The molecule has 0 aliphatic rings. The van der Waals surface area contributed by atoms with E-state index in [1.165, 1.54) is 16.8 Å². The summed E-state index contributed by atoms with van der Waals surface area (Å²) in [6.07, 6.45) is 0. The number of nitrogens with two attached hydrogens (primary N) is 1. The Balaban J connectivity index is 2.26. The summed E-state index contributed by atoms with van der Waals surface area (Å²) in [5.74, 6) is 0. The molecule has 2 N–H and O–H groups in total. The van der Waals surface area contributed by atoms with Gasteiger partial charge < -0.3 is 10.6 Å². The molecule has 19 heavy (non-hydrogen) atoms. The van der Waals surface area contributed by atoms with Gasteiger partial charge in [0.25, 0.3) is 0 Å². The van der Waals surface area contributed by atoms with E-state index >= 15 is 0 Å². The van der Waals surface area contributed by atoms with Crippen molar-refractivity contribution in [2.24, 2.45) is 5.73 Å². The summed E-state index contributed by atoms with van der Waals surface area (Å²) >= 11 is 3.59. The molecule has 0 saturated carbocycles. The molecule has 2 nitrogen and oxygen atoms in total. The highest BCUT2D eigenvalue weighted by molar-refractivity contribution is 9.10. The van der Waals surface area contributed by atoms with Gasteiger partial charge in [-0.15, -0.1) is 0 Å². The second kappa shape index (κ2) is 6.22. The van der Waals surface area contributed by atoms with Gasteiger partial charge in [0.1, 0.15) is 0 Å². The number of benzene rings is 2. The minimum atomic E-state index is 0.0397. The Hall–Kier alpha value is -1.32. The lowest BCUT2D eigenvalue weighted by Crippen LogP contribution is -2.20. The number of nitrogens with zero attached hydrogens (tertiary/aromatic N) is 1. The molecule has 2 aromatic carbocycles. The Morgan fingerprint density at radius 3 is 2.42 bits per heavy atom. The van der Waals surface area contributed by atoms with Crippen molar-refractivity contribution in [3.8, 4) is 0 Å². The van der Waals surface area contributed by atoms with E-state index in [0.717, 1.165) is 11.0 Å². The number of hydrogen-bond acceptors (Lipinski definition) is 2. The molecule has 0 aliphatic heterocycles. The van der Waals surface area contributed by atoms with E-state index in [0.29, 0.717) is 0 Å². The van der Waals surface area contributed by atoms with Crippen LogP contribution in [0.1, 0.15) is 24.1 Å². The van der Waals surface area contributed by atoms with Gasteiger partial charge in [0.2, 0.25) is 0 Å². The smallest absolute Gasteiger partial charge is 0.0437 e. The zero-order valence-corrected chi connectivity index (χ0v) is 12.9. The molecule has 0 aliphatic carbocycles. The molecule has 0 amide bonds. The Kier molecular flexibility index (Phi) is 4.61. The Labute approximate surface area is 123 Å². The van der Waals surface area contributed by atoms with Crippen LogP contribution in [0.15, 0.2) is 53.0 Å². The van der Waals surface area contributed by atoms with E-state index in [-0.39, 0.29) is 6.04 Å². The van der Waals surface area contributed by atoms with Gasteiger partial charge in [-0.05, 0) is 30.2 Å². The van der Waals surface area contributed by atoms with Gasteiger partial charge in [-0.2, -0.15) is 0 Å². The normalized spacial score (nSPS) is 12.2. The molecule has 2 rings (SSSR count). The third-order valence-electron chi connectivity index (χ3n) is 3.20. The van der Waals surface area contributed by atoms with Crippen LogP contribution in [0.2, 0.25) is 0 Å². The number of halogens is 1. The fourth-order valence-electron chi connectivity index (χ4n) is 2.19. The lowest BCUT2D eigenvalue weighted by atomic mass is 10.1. The number of para-hydroxylation sites is 1. The molecular formula is C16H19BrN2. The SMILES string of the molecule is C[C@H](N)c1ccccc1N(C)Cc1ccccc1Br. The number of anilines is 1. The van der Waals surface area contributed by atoms with Crippen molar-refractivity contribution in [1.29, 1.82) is 0 Å². The third-order valence-corrected chi connectivity index (χ3v) is 3.98. The molecule has 0 aromatic heterocycles. The summed E-state index contributed by atoms with van der Waals surface area (Å²) in [5.41, 5.74) is 9.67. The first kappa shape index (κ1) is 14.1. The zero-order valence-electron chi connectivity index (χ0n) is 11.3. The molecule has 0 radical (unpaired) electrons. The van der Waals surface area contributed by atoms with Crippen LogP contribution in [-0.4, -0.2) is 7.05 Å². The second-order valence-corrected chi connectivity index (χ2v) is 5.65. The van der Waals surface area contributed by atoms with E-state index in [1.807, 2.05) is 19.1 Å². The topological polar surface area (TPSA) is 29.3 Å². The van der Waals surface area contributed by atoms with Crippen LogP contribution in [0.3, 0.4) is 0 Å². The highest BCUT2D eigenvalue weighted by atomic mass is 79.9. The molecule has 0 saturated heterocycles. The van der Waals surface area contributed by atoms with Crippen molar-refractivity contribution < 1.29 is 0 Å². The fraction of sp³-hybridized carbons (Fsp3) is 0.250. The number of rotatable bonds is 4. The Morgan fingerprint density at radius 2 is 1.74 bits per heavy atom. The highest BCUT2D eigenvalue weighted by Crippen LogP contribution is 2.26. The lowest BCUT2D eigenvalue weighted by molar-refractivity contribution is 0.801. The van der Waals surface area contributed by atoms with Crippen LogP contribution >= 0.6 is 15.9 Å². The first-order chi connectivity index (χ1) is 9.09. The average Bonchev–Trinajstić information content (AvgIpc) is 2.41. The minimum absolute atomic E-state index is 0.0397. The molecule has 2 aromatic rings. The Morgan fingerprint density at radius 1 is 1.11 bits per heavy atom. The van der Waals surface area contributed by atoms with Gasteiger partial charge in [0.05, 0.1) is 0 Å². The highest BCUT2D eigenvalue weighted by Gasteiger charge is 2.11. The predicted molar refractivity (Wildman–Crippen MR) is 85.3 cm³/mol. The number of hydrogen-bond donors (Lipinski definition) is 1. The average molecular weight is 319 g/mol. The van der Waals surface area contributed by atoms with E-state index in [9.17, 15) is 0 Å². The maximum absolute atomic E-state index is 6.04. The molecule has 0 heterocycles. The van der Waals surface area contributed by atoms with Crippen LogP contribution in [0.25, 0.3) is 0 Å². The van der Waals surface area contributed by atoms with Crippen molar-refractivity contribution in [1.82, 2.24) is 0 Å². The van der Waals surface area contributed by atoms with Gasteiger partial charge in [-0.25, -0.2) is 0 Å². The van der Waals surface area contributed by atoms with Crippen LogP contribution in [-0.2, 0) is 6.54 Å². The minimum Gasteiger partial charge on any atom is -0.370 e. The van der Waals surface area contributed by atoms with Gasteiger partial charge in [0.15, 0.2) is 0 Å². The largest absolute Gasteiger partial charge is 0.370 e. The van der Waals surface area contributed by atoms with E-state index < -0.39 is 0 Å². The molecule has 100 valence electrons. The van der Waals surface area contributed by atoms with Crippen LogP contribution in [0.5, 0.6) is 0 Å². The molecule has 0 spiro atoms. The van der Waals surface area contributed by atoms with Crippen molar-refractivity contribution in [3.05, 3.63) is 64.1 Å². The fourth-order valence-corrected chi connectivity index (χ4v) is 2.60. The molecule has 1 atom stereocenters. The van der Waals surface area contributed by atoms with E-state index in [4.69, 9.17) is 5.73 Å². The summed E-state index contributed by atoms with van der Waals surface area (Å²) in [4.78, 5) is 2.23. The summed E-state index contributed by atoms with van der Waals surface area (Å²) in [6.45, 7) is 2.87. The summed E-state index contributed by atoms with van der Waals surface area (Å²) in [6, 6.07) is 16.6. The van der Waals surface area contributed by atoms with Crippen molar-refractivity contribution >= 4 is 21.6 Å². The van der Waals surface area contributed by atoms with Crippen molar-refractivity contribution in [2.45, 2.75) is 19.5 Å². The molecule has 0 bridgehead atoms. The van der Waals surface area contributed by atoms with Crippen molar-refractivity contribution in [2.75, 3.05) is 11.9 Å². The standard InChI is InChI=1S/C16H19BrN2/c1-12(18)14-8-4-6-10-16(14)19(2)11-13-7-3-5-9-15(13)17/h3-10,12H,11,18H2,1-2H3/t12-/m0/s1. The maximum Gasteiger partial charge on any atom is 0.0437 e. The van der Waals surface area contributed by atoms with Crippen molar-refractivity contribution in [3.63, 3.8) is 0 Å². The zero-order chi connectivity index (χ0) is 13.8. The first-order valence-electron chi connectivity index (χ1n) is 6.38. The molecule has 0 unspecified atom stereocenters. The van der Waals surface area contributed by atoms with E-state index in [2.05, 4.69) is 64.3 Å². The quantitative estimate of drug-likeness (QED) is 0.919. The van der Waals surface area contributed by atoms with Gasteiger partial charge >= 0.3 is 0 Å². The maximum atomic E-state index is 6.04. The predicted octanol–water partition coefficient (Wildman–Crippen LogP) is 4.11. The van der Waals surface area contributed by atoms with Crippen LogP contribution < -0.4 is 10.6 Å². The summed E-state index contributed by atoms with van der Waals surface area (Å²) < 4.78 is 1.14. The van der Waals surface area contributed by atoms with Crippen LogP contribution in [0, 0.1) is 0 Å². The Bertz CT molecular complexity index is 552. The van der Waals surface area contributed by atoms with Gasteiger partial charge in [0, 0.05) is 29.8 Å². The first-order valence-corrected chi connectivity index (χ1v) is 7.18. The monoisotopic (exact) mass is 318 g/mol. The van der Waals surface area contributed by atoms with Crippen LogP contribution in [0.4, 0.5) is 5.69 Å². The van der Waals surface area contributed by atoms with Gasteiger partial charge in [-0.1, -0.05) is 52.3 Å². The van der Waals surface area contributed by atoms with Gasteiger partial charge in [-0.3, -0.25) is 0 Å².